The molecule has 0 saturated heterocycles. The lowest BCUT2D eigenvalue weighted by Gasteiger charge is -2.05. The van der Waals surface area contributed by atoms with Gasteiger partial charge in [0.15, 0.2) is 6.29 Å². The molecule has 0 N–H and O–H groups in total. The number of aldehydes is 1. The highest BCUT2D eigenvalue weighted by Crippen LogP contribution is 1.93. The molecule has 1 unspecified atom stereocenters. The minimum atomic E-state index is -0.398. The number of hydrogen-bond acceptors (Lipinski definition) is 3. The van der Waals surface area contributed by atoms with Crippen molar-refractivity contribution in [1.82, 2.24) is 0 Å². The summed E-state index contributed by atoms with van der Waals surface area (Å²) in [5.41, 5.74) is 0. The zero-order valence-electron chi connectivity index (χ0n) is 5.79. The van der Waals surface area contributed by atoms with Crippen LogP contribution in [-0.2, 0) is 14.6 Å². The summed E-state index contributed by atoms with van der Waals surface area (Å²) in [4.78, 5) is 19.2. The summed E-state index contributed by atoms with van der Waals surface area (Å²) in [6, 6.07) is 0. The lowest BCUT2D eigenvalue weighted by Crippen LogP contribution is -2.13. The third-order valence-electron chi connectivity index (χ3n) is 0.864. The smallest absolute Gasteiger partial charge is 0.152 e. The van der Waals surface area contributed by atoms with E-state index in [9.17, 15) is 4.79 Å². The standard InChI is InChI=1S/C6H12O3/c1-3-6(5-7)9-8-4-2/h5-6H,3-4H2,1-2H3. The van der Waals surface area contributed by atoms with Crippen LogP contribution in [0.3, 0.4) is 0 Å². The predicted molar refractivity (Wildman–Crippen MR) is 32.9 cm³/mol. The van der Waals surface area contributed by atoms with E-state index in [1.54, 1.807) is 6.92 Å². The van der Waals surface area contributed by atoms with Crippen molar-refractivity contribution in [3.05, 3.63) is 0 Å². The first-order chi connectivity index (χ1) is 4.35. The average molecular weight is 132 g/mol. The quantitative estimate of drug-likeness (QED) is 0.317. The summed E-state index contributed by atoms with van der Waals surface area (Å²) < 4.78 is 0. The van der Waals surface area contributed by atoms with Crippen LogP contribution in [0.5, 0.6) is 0 Å². The van der Waals surface area contributed by atoms with Crippen molar-refractivity contribution in [2.45, 2.75) is 26.4 Å². The van der Waals surface area contributed by atoms with Gasteiger partial charge in [-0.1, -0.05) is 6.92 Å². The van der Waals surface area contributed by atoms with Crippen LogP contribution < -0.4 is 0 Å². The van der Waals surface area contributed by atoms with Gasteiger partial charge < -0.3 is 4.79 Å². The van der Waals surface area contributed by atoms with Crippen LogP contribution in [-0.4, -0.2) is 19.0 Å². The molecule has 3 nitrogen and oxygen atoms in total. The molecular weight excluding hydrogens is 120 g/mol. The molecule has 0 aliphatic heterocycles. The minimum absolute atomic E-state index is 0.398. The van der Waals surface area contributed by atoms with Crippen molar-refractivity contribution in [3.8, 4) is 0 Å². The minimum Gasteiger partial charge on any atom is -0.300 e. The van der Waals surface area contributed by atoms with Gasteiger partial charge in [-0.25, -0.2) is 9.78 Å². The van der Waals surface area contributed by atoms with Gasteiger partial charge in [0.05, 0.1) is 6.61 Å². The summed E-state index contributed by atoms with van der Waals surface area (Å²) >= 11 is 0. The Labute approximate surface area is 54.9 Å². The van der Waals surface area contributed by atoms with Crippen molar-refractivity contribution in [2.24, 2.45) is 0 Å². The normalized spacial score (nSPS) is 13.1. The highest BCUT2D eigenvalue weighted by atomic mass is 17.2. The summed E-state index contributed by atoms with van der Waals surface area (Å²) in [7, 11) is 0. The summed E-state index contributed by atoms with van der Waals surface area (Å²) in [6.07, 6.45) is 0.990. The Morgan fingerprint density at radius 2 is 2.22 bits per heavy atom. The third kappa shape index (κ3) is 4.12. The first kappa shape index (κ1) is 8.59. The topological polar surface area (TPSA) is 35.5 Å². The molecule has 0 saturated carbocycles. The zero-order valence-corrected chi connectivity index (χ0v) is 5.79. The summed E-state index contributed by atoms with van der Waals surface area (Å²) in [5, 5.41) is 0. The molecule has 0 aliphatic carbocycles. The van der Waals surface area contributed by atoms with Crippen molar-refractivity contribution in [2.75, 3.05) is 6.61 Å². The number of rotatable bonds is 5. The van der Waals surface area contributed by atoms with E-state index >= 15 is 0 Å². The van der Waals surface area contributed by atoms with Crippen molar-refractivity contribution >= 4 is 6.29 Å². The summed E-state index contributed by atoms with van der Waals surface area (Å²) in [6.45, 7) is 4.14. The van der Waals surface area contributed by atoms with Crippen molar-refractivity contribution < 1.29 is 14.6 Å². The molecule has 0 aromatic carbocycles. The lowest BCUT2D eigenvalue weighted by molar-refractivity contribution is -0.311. The van der Waals surface area contributed by atoms with Crippen LogP contribution in [0.2, 0.25) is 0 Å². The molecule has 0 heterocycles. The molecular formula is C6H12O3. The fraction of sp³-hybridized carbons (Fsp3) is 0.833. The van der Waals surface area contributed by atoms with Crippen molar-refractivity contribution in [3.63, 3.8) is 0 Å². The number of hydrogen-bond donors (Lipinski definition) is 0. The molecule has 0 rings (SSSR count). The number of carbonyl (C=O) groups excluding carboxylic acids is 1. The predicted octanol–water partition coefficient (Wildman–Crippen LogP) is 0.932. The van der Waals surface area contributed by atoms with Gasteiger partial charge in [0.2, 0.25) is 0 Å². The van der Waals surface area contributed by atoms with E-state index in [0.29, 0.717) is 13.0 Å². The van der Waals surface area contributed by atoms with Crippen LogP contribution in [0.4, 0.5) is 0 Å². The molecule has 0 aromatic heterocycles. The highest BCUT2D eigenvalue weighted by Gasteiger charge is 2.02. The van der Waals surface area contributed by atoms with Gasteiger partial charge in [-0.05, 0) is 13.3 Å². The molecule has 0 radical (unpaired) electrons. The van der Waals surface area contributed by atoms with E-state index < -0.39 is 6.10 Å². The van der Waals surface area contributed by atoms with Gasteiger partial charge in [0.25, 0.3) is 0 Å². The maximum atomic E-state index is 10.0. The summed E-state index contributed by atoms with van der Waals surface area (Å²) in [5.74, 6) is 0. The first-order valence-corrected chi connectivity index (χ1v) is 3.08. The molecule has 1 atom stereocenters. The zero-order chi connectivity index (χ0) is 7.11. The lowest BCUT2D eigenvalue weighted by atomic mass is 10.3. The third-order valence-corrected chi connectivity index (χ3v) is 0.864. The Hall–Kier alpha value is -0.410. The average Bonchev–Trinajstić information content (AvgIpc) is 1.91. The van der Waals surface area contributed by atoms with Gasteiger partial charge in [-0.15, -0.1) is 0 Å². The van der Waals surface area contributed by atoms with E-state index in [0.717, 1.165) is 6.29 Å². The highest BCUT2D eigenvalue weighted by molar-refractivity contribution is 5.55. The maximum Gasteiger partial charge on any atom is 0.152 e. The molecule has 9 heavy (non-hydrogen) atoms. The van der Waals surface area contributed by atoms with E-state index in [-0.39, 0.29) is 0 Å². The Balaban J connectivity index is 3.20. The maximum absolute atomic E-state index is 10.0. The van der Waals surface area contributed by atoms with Gasteiger partial charge >= 0.3 is 0 Å². The second-order valence-corrected chi connectivity index (χ2v) is 1.59. The SMILES string of the molecule is CCOOC(C=O)CC. The van der Waals surface area contributed by atoms with Gasteiger partial charge in [-0.3, -0.25) is 0 Å². The van der Waals surface area contributed by atoms with Crippen LogP contribution in [0.25, 0.3) is 0 Å². The van der Waals surface area contributed by atoms with E-state index in [4.69, 9.17) is 0 Å². The van der Waals surface area contributed by atoms with Crippen LogP contribution >= 0.6 is 0 Å². The Bertz CT molecular complexity index is 72.7. The first-order valence-electron chi connectivity index (χ1n) is 3.08. The van der Waals surface area contributed by atoms with E-state index in [1.165, 1.54) is 0 Å². The van der Waals surface area contributed by atoms with Gasteiger partial charge in [0, 0.05) is 0 Å². The van der Waals surface area contributed by atoms with Gasteiger partial charge in [0.1, 0.15) is 6.10 Å². The fourth-order valence-corrected chi connectivity index (χ4v) is 0.342. The monoisotopic (exact) mass is 132 g/mol. The van der Waals surface area contributed by atoms with Crippen LogP contribution in [0.1, 0.15) is 20.3 Å². The van der Waals surface area contributed by atoms with E-state index in [1.807, 2.05) is 6.92 Å². The number of carbonyl (C=O) groups is 1. The molecule has 0 bridgehead atoms. The Kier molecular flexibility index (Phi) is 5.46. The van der Waals surface area contributed by atoms with Crippen LogP contribution in [0, 0.1) is 0 Å². The molecule has 0 fully saturated rings. The van der Waals surface area contributed by atoms with E-state index in [2.05, 4.69) is 9.78 Å². The molecule has 54 valence electrons. The largest absolute Gasteiger partial charge is 0.300 e. The van der Waals surface area contributed by atoms with Crippen LogP contribution in [0.15, 0.2) is 0 Å². The molecule has 0 spiro atoms. The van der Waals surface area contributed by atoms with Gasteiger partial charge in [-0.2, -0.15) is 0 Å². The Morgan fingerprint density at radius 1 is 1.56 bits per heavy atom. The van der Waals surface area contributed by atoms with Crippen molar-refractivity contribution in [1.29, 1.82) is 0 Å². The molecule has 0 amide bonds. The second kappa shape index (κ2) is 5.72. The Morgan fingerprint density at radius 3 is 2.56 bits per heavy atom. The molecule has 0 aromatic rings. The molecule has 0 aliphatic rings. The second-order valence-electron chi connectivity index (χ2n) is 1.59. The fourth-order valence-electron chi connectivity index (χ4n) is 0.342. The molecule has 3 heteroatoms.